The van der Waals surface area contributed by atoms with E-state index in [4.69, 9.17) is 15.6 Å². The Kier molecular flexibility index (Phi) is 6.23. The SMILES string of the molecule is NC(=O)O[C@H]1CC[C@H](CCCCCO)CC1. The molecule has 0 aromatic rings. The van der Waals surface area contributed by atoms with Crippen molar-refractivity contribution in [2.24, 2.45) is 11.7 Å². The van der Waals surface area contributed by atoms with E-state index in [1.54, 1.807) is 0 Å². The summed E-state index contributed by atoms with van der Waals surface area (Å²) in [5.74, 6) is 0.770. The number of unbranched alkanes of at least 4 members (excludes halogenated alkanes) is 2. The van der Waals surface area contributed by atoms with Crippen LogP contribution in [0.4, 0.5) is 4.79 Å². The molecular weight excluding hydrogens is 206 g/mol. The van der Waals surface area contributed by atoms with Crippen molar-refractivity contribution in [3.63, 3.8) is 0 Å². The molecule has 4 nitrogen and oxygen atoms in total. The first-order valence-corrected chi connectivity index (χ1v) is 6.29. The van der Waals surface area contributed by atoms with Gasteiger partial charge in [0, 0.05) is 6.61 Å². The van der Waals surface area contributed by atoms with Crippen LogP contribution in [-0.2, 0) is 4.74 Å². The standard InChI is InChI=1S/C12H23NO3/c13-12(15)16-11-7-5-10(6-8-11)4-2-1-3-9-14/h10-11,14H,1-9H2,(H2,13,15)/t10-,11-. The molecule has 1 aliphatic carbocycles. The third-order valence-corrected chi connectivity index (χ3v) is 3.35. The summed E-state index contributed by atoms with van der Waals surface area (Å²) >= 11 is 0. The van der Waals surface area contributed by atoms with Gasteiger partial charge in [-0.1, -0.05) is 19.3 Å². The molecule has 1 fully saturated rings. The third-order valence-electron chi connectivity index (χ3n) is 3.35. The number of nitrogens with two attached hydrogens (primary N) is 1. The van der Waals surface area contributed by atoms with Crippen molar-refractivity contribution in [3.8, 4) is 0 Å². The van der Waals surface area contributed by atoms with Gasteiger partial charge < -0.3 is 15.6 Å². The number of carbonyl (C=O) groups is 1. The Morgan fingerprint density at radius 3 is 2.44 bits per heavy atom. The van der Waals surface area contributed by atoms with E-state index in [9.17, 15) is 4.79 Å². The molecule has 0 atom stereocenters. The van der Waals surface area contributed by atoms with Crippen molar-refractivity contribution in [2.75, 3.05) is 6.61 Å². The Bertz CT molecular complexity index is 200. The van der Waals surface area contributed by atoms with Crippen LogP contribution in [0.25, 0.3) is 0 Å². The van der Waals surface area contributed by atoms with Crippen molar-refractivity contribution in [1.82, 2.24) is 0 Å². The number of hydrogen-bond acceptors (Lipinski definition) is 3. The molecule has 4 heteroatoms. The lowest BCUT2D eigenvalue weighted by atomic mass is 9.84. The number of rotatable bonds is 6. The average molecular weight is 229 g/mol. The number of aliphatic hydroxyl groups is 1. The molecule has 0 unspecified atom stereocenters. The normalized spacial score (nSPS) is 25.3. The van der Waals surface area contributed by atoms with Crippen LogP contribution in [-0.4, -0.2) is 23.9 Å². The zero-order valence-electron chi connectivity index (χ0n) is 9.86. The molecule has 0 aliphatic heterocycles. The first-order valence-electron chi connectivity index (χ1n) is 6.29. The van der Waals surface area contributed by atoms with Crippen LogP contribution in [0.15, 0.2) is 0 Å². The van der Waals surface area contributed by atoms with Crippen molar-refractivity contribution in [2.45, 2.75) is 57.5 Å². The number of amides is 1. The summed E-state index contributed by atoms with van der Waals surface area (Å²) in [5.41, 5.74) is 4.99. The van der Waals surface area contributed by atoms with Crippen LogP contribution < -0.4 is 5.73 Å². The van der Waals surface area contributed by atoms with Gasteiger partial charge in [0.05, 0.1) is 0 Å². The van der Waals surface area contributed by atoms with Gasteiger partial charge in [0.15, 0.2) is 0 Å². The Morgan fingerprint density at radius 1 is 1.19 bits per heavy atom. The Morgan fingerprint density at radius 2 is 1.88 bits per heavy atom. The smallest absolute Gasteiger partial charge is 0.404 e. The molecule has 0 heterocycles. The first-order chi connectivity index (χ1) is 7.72. The van der Waals surface area contributed by atoms with Crippen molar-refractivity contribution < 1.29 is 14.6 Å². The largest absolute Gasteiger partial charge is 0.446 e. The van der Waals surface area contributed by atoms with Gasteiger partial charge in [0.1, 0.15) is 6.10 Å². The van der Waals surface area contributed by atoms with E-state index >= 15 is 0 Å². The molecule has 0 spiro atoms. The summed E-state index contributed by atoms with van der Waals surface area (Å²) in [6, 6.07) is 0. The molecule has 0 aromatic heterocycles. The van der Waals surface area contributed by atoms with Gasteiger partial charge >= 0.3 is 6.09 Å². The highest BCUT2D eigenvalue weighted by molar-refractivity contribution is 5.64. The molecular formula is C12H23NO3. The lowest BCUT2D eigenvalue weighted by Gasteiger charge is -2.27. The highest BCUT2D eigenvalue weighted by Crippen LogP contribution is 2.29. The second-order valence-corrected chi connectivity index (χ2v) is 4.65. The van der Waals surface area contributed by atoms with Gasteiger partial charge in [-0.2, -0.15) is 0 Å². The zero-order valence-corrected chi connectivity index (χ0v) is 9.86. The maximum Gasteiger partial charge on any atom is 0.404 e. The van der Waals surface area contributed by atoms with E-state index in [0.29, 0.717) is 6.61 Å². The van der Waals surface area contributed by atoms with E-state index in [0.717, 1.165) is 44.4 Å². The number of aliphatic hydroxyl groups excluding tert-OH is 1. The van der Waals surface area contributed by atoms with Crippen LogP contribution in [0.3, 0.4) is 0 Å². The minimum absolute atomic E-state index is 0.0474. The van der Waals surface area contributed by atoms with E-state index in [-0.39, 0.29) is 6.10 Å². The lowest BCUT2D eigenvalue weighted by molar-refractivity contribution is 0.0695. The zero-order chi connectivity index (χ0) is 11.8. The van der Waals surface area contributed by atoms with Gasteiger partial charge in [0.2, 0.25) is 0 Å². The van der Waals surface area contributed by atoms with Crippen LogP contribution in [0.2, 0.25) is 0 Å². The predicted molar refractivity (Wildman–Crippen MR) is 62.0 cm³/mol. The minimum Gasteiger partial charge on any atom is -0.446 e. The fourth-order valence-corrected chi connectivity index (χ4v) is 2.42. The van der Waals surface area contributed by atoms with Gasteiger partial charge in [-0.25, -0.2) is 4.79 Å². The highest BCUT2D eigenvalue weighted by Gasteiger charge is 2.22. The summed E-state index contributed by atoms with van der Waals surface area (Å²) in [7, 11) is 0. The Balaban J connectivity index is 2.05. The summed E-state index contributed by atoms with van der Waals surface area (Å²) in [6.45, 7) is 0.305. The fourth-order valence-electron chi connectivity index (χ4n) is 2.42. The number of ether oxygens (including phenoxy) is 1. The number of carbonyl (C=O) groups excluding carboxylic acids is 1. The van der Waals surface area contributed by atoms with E-state index < -0.39 is 6.09 Å². The molecule has 1 aliphatic rings. The second kappa shape index (κ2) is 7.49. The van der Waals surface area contributed by atoms with Crippen LogP contribution in [0.1, 0.15) is 51.4 Å². The van der Waals surface area contributed by atoms with Crippen molar-refractivity contribution in [3.05, 3.63) is 0 Å². The van der Waals surface area contributed by atoms with E-state index in [1.807, 2.05) is 0 Å². The molecule has 3 N–H and O–H groups in total. The minimum atomic E-state index is -0.647. The van der Waals surface area contributed by atoms with Gasteiger partial charge in [-0.15, -0.1) is 0 Å². The Labute approximate surface area is 97.2 Å². The molecule has 0 radical (unpaired) electrons. The maximum absolute atomic E-state index is 10.6. The third kappa shape index (κ3) is 5.35. The van der Waals surface area contributed by atoms with E-state index in [1.165, 1.54) is 12.8 Å². The topological polar surface area (TPSA) is 72.6 Å². The summed E-state index contributed by atoms with van der Waals surface area (Å²) in [5, 5.41) is 8.66. The van der Waals surface area contributed by atoms with Crippen molar-refractivity contribution in [1.29, 1.82) is 0 Å². The molecule has 0 saturated heterocycles. The lowest BCUT2D eigenvalue weighted by Crippen LogP contribution is -2.27. The maximum atomic E-state index is 10.6. The average Bonchev–Trinajstić information content (AvgIpc) is 2.26. The monoisotopic (exact) mass is 229 g/mol. The number of hydrogen-bond donors (Lipinski definition) is 2. The van der Waals surface area contributed by atoms with Crippen LogP contribution in [0, 0.1) is 5.92 Å². The van der Waals surface area contributed by atoms with Gasteiger partial charge in [-0.3, -0.25) is 0 Å². The molecule has 1 rings (SSSR count). The van der Waals surface area contributed by atoms with E-state index in [2.05, 4.69) is 0 Å². The van der Waals surface area contributed by atoms with Gasteiger partial charge in [-0.05, 0) is 38.0 Å². The van der Waals surface area contributed by atoms with Crippen LogP contribution in [0.5, 0.6) is 0 Å². The summed E-state index contributed by atoms with van der Waals surface area (Å²) < 4.78 is 4.99. The Hall–Kier alpha value is -0.770. The molecule has 0 bridgehead atoms. The summed E-state index contributed by atoms with van der Waals surface area (Å²) in [4.78, 5) is 10.6. The summed E-state index contributed by atoms with van der Waals surface area (Å²) in [6.07, 6.45) is 8.05. The first kappa shape index (κ1) is 13.3. The number of primary amides is 1. The van der Waals surface area contributed by atoms with Gasteiger partial charge in [0.25, 0.3) is 0 Å². The fraction of sp³-hybridized carbons (Fsp3) is 0.917. The quantitative estimate of drug-likeness (QED) is 0.686. The molecule has 94 valence electrons. The highest BCUT2D eigenvalue weighted by atomic mass is 16.6. The van der Waals surface area contributed by atoms with Crippen LogP contribution >= 0.6 is 0 Å². The predicted octanol–water partition coefficient (Wildman–Crippen LogP) is 2.19. The molecule has 0 aromatic carbocycles. The molecule has 1 saturated carbocycles. The van der Waals surface area contributed by atoms with Crippen molar-refractivity contribution >= 4 is 6.09 Å². The molecule has 1 amide bonds. The molecule has 16 heavy (non-hydrogen) atoms. The second-order valence-electron chi connectivity index (χ2n) is 4.65.